The number of carbonyl (C=O) groups is 1. The fourth-order valence-electron chi connectivity index (χ4n) is 6.33. The molecule has 4 heterocycles. The second-order valence-electron chi connectivity index (χ2n) is 13.1. The molecule has 11 heteroatoms. The number of nitrogen functional groups attached to an aromatic ring is 1. The summed E-state index contributed by atoms with van der Waals surface area (Å²) >= 11 is 0. The number of carbonyl (C=O) groups excluding carboxylic acids is 1. The summed E-state index contributed by atoms with van der Waals surface area (Å²) in [7, 11) is -4.30. The molecule has 10 nitrogen and oxygen atoms in total. The third-order valence-corrected chi connectivity index (χ3v) is 9.30. The van der Waals surface area contributed by atoms with Crippen LogP contribution in [-0.2, 0) is 24.9 Å². The minimum absolute atomic E-state index is 0.0433. The van der Waals surface area contributed by atoms with E-state index in [4.69, 9.17) is 20.2 Å². The van der Waals surface area contributed by atoms with Gasteiger partial charge in [0.2, 0.25) is 0 Å². The van der Waals surface area contributed by atoms with Gasteiger partial charge >= 0.3 is 0 Å². The molecule has 2 aromatic heterocycles. The van der Waals surface area contributed by atoms with Crippen LogP contribution >= 0.6 is 0 Å². The molecule has 1 unspecified atom stereocenters. The van der Waals surface area contributed by atoms with Gasteiger partial charge < -0.3 is 20.1 Å². The molecule has 2 aromatic rings. The molecule has 1 amide bonds. The number of sulfonamides is 1. The Morgan fingerprint density at radius 2 is 1.88 bits per heavy atom. The molecular weight excluding hydrogens is 542 g/mol. The van der Waals surface area contributed by atoms with Gasteiger partial charge in [-0.25, -0.2) is 14.7 Å². The fraction of sp³-hybridized carbons (Fsp3) is 0.567. The Kier molecular flexibility index (Phi) is 7.45. The maximum absolute atomic E-state index is 13.9. The summed E-state index contributed by atoms with van der Waals surface area (Å²) in [6.07, 6.45) is 5.10. The second kappa shape index (κ2) is 10.4. The zero-order chi connectivity index (χ0) is 29.8. The smallest absolute Gasteiger partial charge is 0.281 e. The van der Waals surface area contributed by atoms with Gasteiger partial charge in [0.1, 0.15) is 11.6 Å². The van der Waals surface area contributed by atoms with Crippen molar-refractivity contribution in [3.05, 3.63) is 47.2 Å². The van der Waals surface area contributed by atoms with E-state index in [1.165, 1.54) is 18.2 Å². The molecule has 1 spiro atoms. The number of pyridine rings is 2. The lowest BCUT2D eigenvalue weighted by Crippen LogP contribution is -2.41. The molecule has 3 N–H and O–H groups in total. The van der Waals surface area contributed by atoms with Crippen molar-refractivity contribution in [2.75, 3.05) is 30.4 Å². The standard InChI is InChI=1S/C30H41N5O5S/c1-19-16-29(5,6)35(18-19)26-22(27(36)34-41(37,38)24-11-7-10-23(31)32-24)15-21(25(33-26)28(2,3)4)20-9-8-12-30(17-20)39-13-14-40-30/h7,9-11,15,19H,8,12-14,16-18H2,1-6H3,(H2,31,32)(H,34,36). The number of hydrogen-bond acceptors (Lipinski definition) is 9. The number of rotatable bonds is 5. The van der Waals surface area contributed by atoms with Crippen LogP contribution < -0.4 is 15.4 Å². The van der Waals surface area contributed by atoms with E-state index in [1.54, 1.807) is 6.07 Å². The van der Waals surface area contributed by atoms with E-state index < -0.39 is 21.7 Å². The number of ether oxygens (including phenoxy) is 2. The number of nitrogens with one attached hydrogen (secondary N) is 1. The van der Waals surface area contributed by atoms with Crippen LogP contribution in [0.25, 0.3) is 5.57 Å². The van der Waals surface area contributed by atoms with Crippen LogP contribution in [0, 0.1) is 5.92 Å². The van der Waals surface area contributed by atoms with Crippen molar-refractivity contribution in [1.29, 1.82) is 0 Å². The first-order chi connectivity index (χ1) is 19.1. The highest BCUT2D eigenvalue weighted by atomic mass is 32.2. The molecule has 1 aliphatic carbocycles. The van der Waals surface area contributed by atoms with Crippen LogP contribution in [0.5, 0.6) is 0 Å². The highest BCUT2D eigenvalue weighted by Gasteiger charge is 2.43. The van der Waals surface area contributed by atoms with Crippen molar-refractivity contribution in [2.24, 2.45) is 5.92 Å². The molecule has 2 fully saturated rings. The molecule has 0 bridgehead atoms. The lowest BCUT2D eigenvalue weighted by Gasteiger charge is -2.37. The molecule has 1 atom stereocenters. The number of amides is 1. The van der Waals surface area contributed by atoms with E-state index in [2.05, 4.69) is 62.2 Å². The van der Waals surface area contributed by atoms with Gasteiger partial charge in [-0.05, 0) is 56.4 Å². The molecule has 0 aromatic carbocycles. The van der Waals surface area contributed by atoms with Gasteiger partial charge in [0.25, 0.3) is 15.9 Å². The number of nitrogens with two attached hydrogens (primary N) is 1. The minimum Gasteiger partial charge on any atom is -0.384 e. The second-order valence-corrected chi connectivity index (χ2v) is 14.8. The quantitative estimate of drug-likeness (QED) is 0.524. The van der Waals surface area contributed by atoms with Crippen LogP contribution in [0.4, 0.5) is 11.6 Å². The number of hydrogen-bond donors (Lipinski definition) is 2. The van der Waals surface area contributed by atoms with Crippen LogP contribution in [0.2, 0.25) is 0 Å². The molecule has 2 saturated heterocycles. The summed E-state index contributed by atoms with van der Waals surface area (Å²) in [6, 6.07) is 6.08. The van der Waals surface area contributed by atoms with Crippen molar-refractivity contribution in [1.82, 2.24) is 14.7 Å². The molecule has 2 aliphatic heterocycles. The molecule has 3 aliphatic rings. The number of allylic oxidation sites excluding steroid dienone is 1. The van der Waals surface area contributed by atoms with Gasteiger partial charge in [-0.1, -0.05) is 39.8 Å². The van der Waals surface area contributed by atoms with Gasteiger partial charge in [0.05, 0.1) is 24.5 Å². The molecule has 5 rings (SSSR count). The summed E-state index contributed by atoms with van der Waals surface area (Å²) in [6.45, 7) is 14.5. The molecule has 41 heavy (non-hydrogen) atoms. The Morgan fingerprint density at radius 1 is 1.17 bits per heavy atom. The van der Waals surface area contributed by atoms with Crippen LogP contribution in [0.1, 0.15) is 88.8 Å². The zero-order valence-electron chi connectivity index (χ0n) is 24.8. The van der Waals surface area contributed by atoms with Crippen molar-refractivity contribution in [3.63, 3.8) is 0 Å². The maximum Gasteiger partial charge on any atom is 0.281 e. The predicted molar refractivity (Wildman–Crippen MR) is 158 cm³/mol. The maximum atomic E-state index is 13.9. The van der Waals surface area contributed by atoms with Gasteiger partial charge in [-0.3, -0.25) is 4.79 Å². The Labute approximate surface area is 242 Å². The summed E-state index contributed by atoms with van der Waals surface area (Å²) in [5, 5.41) is -0.325. The predicted octanol–water partition coefficient (Wildman–Crippen LogP) is 4.41. The van der Waals surface area contributed by atoms with Crippen molar-refractivity contribution >= 4 is 33.1 Å². The normalized spacial score (nSPS) is 22.1. The van der Waals surface area contributed by atoms with Crippen LogP contribution in [-0.4, -0.2) is 55.4 Å². The first-order valence-electron chi connectivity index (χ1n) is 14.2. The Balaban J connectivity index is 1.66. The van der Waals surface area contributed by atoms with E-state index in [0.717, 1.165) is 36.1 Å². The van der Waals surface area contributed by atoms with Gasteiger partial charge in [-0.2, -0.15) is 8.42 Å². The van der Waals surface area contributed by atoms with Crippen molar-refractivity contribution < 1.29 is 22.7 Å². The van der Waals surface area contributed by atoms with Crippen molar-refractivity contribution in [3.8, 4) is 0 Å². The SMILES string of the molecule is CC1CN(c2nc(C(C)(C)C)c(C3=CCCC4(C3)OCCO4)cc2C(=O)NS(=O)(=O)c2cccc(N)n2)C(C)(C)C1. The lowest BCUT2D eigenvalue weighted by molar-refractivity contribution is -0.158. The summed E-state index contributed by atoms with van der Waals surface area (Å²) in [5.41, 5.74) is 7.88. The highest BCUT2D eigenvalue weighted by molar-refractivity contribution is 7.90. The lowest BCUT2D eigenvalue weighted by atomic mass is 9.81. The highest BCUT2D eigenvalue weighted by Crippen LogP contribution is 2.44. The van der Waals surface area contributed by atoms with Crippen LogP contribution in [0.15, 0.2) is 35.4 Å². The van der Waals surface area contributed by atoms with Gasteiger partial charge in [0.15, 0.2) is 10.8 Å². The average Bonchev–Trinajstić information content (AvgIpc) is 3.44. The minimum atomic E-state index is -4.30. The summed E-state index contributed by atoms with van der Waals surface area (Å²) in [4.78, 5) is 25.2. The molecule has 0 saturated carbocycles. The zero-order valence-corrected chi connectivity index (χ0v) is 25.6. The number of aromatic nitrogens is 2. The van der Waals surface area contributed by atoms with Crippen molar-refractivity contribution in [2.45, 2.75) is 89.0 Å². The topological polar surface area (TPSA) is 137 Å². The number of nitrogens with zero attached hydrogens (tertiary/aromatic N) is 3. The first kappa shape index (κ1) is 29.5. The van der Waals surface area contributed by atoms with E-state index in [0.29, 0.717) is 37.9 Å². The molecule has 222 valence electrons. The third-order valence-electron chi connectivity index (χ3n) is 8.07. The van der Waals surface area contributed by atoms with E-state index in [1.807, 2.05) is 0 Å². The van der Waals surface area contributed by atoms with Crippen LogP contribution in [0.3, 0.4) is 0 Å². The third kappa shape index (κ3) is 5.85. The Hall–Kier alpha value is -3.02. The number of anilines is 2. The van der Waals surface area contributed by atoms with E-state index >= 15 is 0 Å². The molecular formula is C30H41N5O5S. The monoisotopic (exact) mass is 583 g/mol. The van der Waals surface area contributed by atoms with Gasteiger partial charge in [0, 0.05) is 35.9 Å². The van der Waals surface area contributed by atoms with E-state index in [-0.39, 0.29) is 27.4 Å². The molecule has 0 radical (unpaired) electrons. The largest absolute Gasteiger partial charge is 0.384 e. The van der Waals surface area contributed by atoms with E-state index in [9.17, 15) is 13.2 Å². The Bertz CT molecular complexity index is 1490. The Morgan fingerprint density at radius 3 is 2.49 bits per heavy atom. The van der Waals surface area contributed by atoms with Gasteiger partial charge in [-0.15, -0.1) is 0 Å². The average molecular weight is 584 g/mol. The first-order valence-corrected chi connectivity index (χ1v) is 15.7. The summed E-state index contributed by atoms with van der Waals surface area (Å²) in [5.74, 6) is -0.566. The fourth-order valence-corrected chi connectivity index (χ4v) is 7.27. The summed E-state index contributed by atoms with van der Waals surface area (Å²) < 4.78 is 40.8.